The molecular weight excluding hydrogens is 301 g/mol. The average molecular weight is 315 g/mol. The molecule has 0 saturated carbocycles. The van der Waals surface area contributed by atoms with Crippen molar-refractivity contribution in [3.05, 3.63) is 53.6 Å². The van der Waals surface area contributed by atoms with Crippen LogP contribution in [0.25, 0.3) is 16.9 Å². The Kier molecular flexibility index (Phi) is 4.03. The van der Waals surface area contributed by atoms with E-state index >= 15 is 0 Å². The summed E-state index contributed by atoms with van der Waals surface area (Å²) in [5.74, 6) is -1.17. The molecule has 0 radical (unpaired) electrons. The number of aromatic nitrogens is 3. The number of aliphatic hydroxyl groups is 1. The van der Waals surface area contributed by atoms with Crippen molar-refractivity contribution in [2.24, 2.45) is 0 Å². The molecule has 6 nitrogen and oxygen atoms in total. The van der Waals surface area contributed by atoms with E-state index in [-0.39, 0.29) is 35.7 Å². The number of carbonyl (C=O) groups excluding carboxylic acids is 1. The number of esters is 1. The lowest BCUT2D eigenvalue weighted by molar-refractivity contribution is 0.0529. The Bertz CT molecular complexity index is 876. The zero-order valence-electron chi connectivity index (χ0n) is 12.4. The van der Waals surface area contributed by atoms with Crippen LogP contribution < -0.4 is 0 Å². The number of fused-ring (bicyclic) bond motifs is 1. The van der Waals surface area contributed by atoms with Gasteiger partial charge < -0.3 is 9.84 Å². The number of rotatable bonds is 4. The number of hydrogen-bond acceptors (Lipinski definition) is 5. The molecule has 2 aromatic heterocycles. The standard InChI is InChI=1S/C16H14FN3O3/c1-2-23-16(22)13-14(19-20-7-3-6-18-15(13)20)11-8-10(9-21)4-5-12(11)17/h3-8,21H,2,9H2,1H3. The quantitative estimate of drug-likeness (QED) is 0.747. The third-order valence-corrected chi connectivity index (χ3v) is 3.34. The molecule has 0 fully saturated rings. The minimum atomic E-state index is -0.620. The summed E-state index contributed by atoms with van der Waals surface area (Å²) in [5, 5.41) is 13.5. The average Bonchev–Trinajstić information content (AvgIpc) is 2.94. The Morgan fingerprint density at radius 2 is 2.26 bits per heavy atom. The second-order valence-electron chi connectivity index (χ2n) is 4.80. The SMILES string of the molecule is CCOC(=O)c1c(-c2cc(CO)ccc2F)nn2cccnc12. The van der Waals surface area contributed by atoms with E-state index in [0.29, 0.717) is 5.56 Å². The van der Waals surface area contributed by atoms with Crippen molar-refractivity contribution in [2.75, 3.05) is 6.61 Å². The van der Waals surface area contributed by atoms with E-state index in [1.54, 1.807) is 19.2 Å². The predicted molar refractivity (Wildman–Crippen MR) is 80.3 cm³/mol. The van der Waals surface area contributed by atoms with E-state index in [1.165, 1.54) is 28.9 Å². The van der Waals surface area contributed by atoms with Crippen LogP contribution in [-0.2, 0) is 11.3 Å². The molecule has 0 bridgehead atoms. The van der Waals surface area contributed by atoms with Crippen LogP contribution >= 0.6 is 0 Å². The van der Waals surface area contributed by atoms with E-state index in [9.17, 15) is 14.3 Å². The van der Waals surface area contributed by atoms with Gasteiger partial charge in [-0.05, 0) is 30.7 Å². The lowest BCUT2D eigenvalue weighted by atomic mass is 10.0. The summed E-state index contributed by atoms with van der Waals surface area (Å²) >= 11 is 0. The maximum Gasteiger partial charge on any atom is 0.344 e. The summed E-state index contributed by atoms with van der Waals surface area (Å²) in [6.45, 7) is 1.62. The highest BCUT2D eigenvalue weighted by molar-refractivity contribution is 6.02. The van der Waals surface area contributed by atoms with Gasteiger partial charge in [-0.3, -0.25) is 0 Å². The highest BCUT2D eigenvalue weighted by Crippen LogP contribution is 2.29. The Labute approximate surface area is 131 Å². The zero-order valence-corrected chi connectivity index (χ0v) is 12.4. The smallest absolute Gasteiger partial charge is 0.344 e. The third kappa shape index (κ3) is 2.66. The number of hydrogen-bond donors (Lipinski definition) is 1. The molecule has 23 heavy (non-hydrogen) atoms. The first kappa shape index (κ1) is 15.1. The maximum atomic E-state index is 14.2. The molecule has 3 aromatic rings. The van der Waals surface area contributed by atoms with Crippen molar-refractivity contribution in [3.63, 3.8) is 0 Å². The predicted octanol–water partition coefficient (Wildman–Crippen LogP) is 2.20. The van der Waals surface area contributed by atoms with Crippen LogP contribution in [0.2, 0.25) is 0 Å². The first-order valence-corrected chi connectivity index (χ1v) is 7.05. The maximum absolute atomic E-state index is 14.2. The van der Waals surface area contributed by atoms with Gasteiger partial charge in [0.25, 0.3) is 0 Å². The zero-order chi connectivity index (χ0) is 16.4. The lowest BCUT2D eigenvalue weighted by Gasteiger charge is -2.05. The topological polar surface area (TPSA) is 76.7 Å². The summed E-state index contributed by atoms with van der Waals surface area (Å²) in [7, 11) is 0. The van der Waals surface area contributed by atoms with E-state index in [4.69, 9.17) is 4.74 Å². The fraction of sp³-hybridized carbons (Fsp3) is 0.188. The molecule has 0 spiro atoms. The summed E-state index contributed by atoms with van der Waals surface area (Å²) in [6, 6.07) is 5.81. The molecule has 118 valence electrons. The normalized spacial score (nSPS) is 10.9. The molecule has 1 N–H and O–H groups in total. The number of benzene rings is 1. The van der Waals surface area contributed by atoms with Crippen molar-refractivity contribution in [1.82, 2.24) is 14.6 Å². The van der Waals surface area contributed by atoms with Crippen LogP contribution in [0.3, 0.4) is 0 Å². The minimum Gasteiger partial charge on any atom is -0.462 e. The highest BCUT2D eigenvalue weighted by atomic mass is 19.1. The third-order valence-electron chi connectivity index (χ3n) is 3.34. The Hall–Kier alpha value is -2.80. The molecule has 2 heterocycles. The molecule has 1 aromatic carbocycles. The number of halogens is 1. The number of nitrogens with zero attached hydrogens (tertiary/aromatic N) is 3. The summed E-state index contributed by atoms with van der Waals surface area (Å²) < 4.78 is 20.7. The lowest BCUT2D eigenvalue weighted by Crippen LogP contribution is -2.07. The van der Waals surface area contributed by atoms with Gasteiger partial charge in [0.2, 0.25) is 0 Å². The number of carbonyl (C=O) groups is 1. The fourth-order valence-electron chi connectivity index (χ4n) is 2.32. The van der Waals surface area contributed by atoms with Crippen molar-refractivity contribution < 1.29 is 19.0 Å². The minimum absolute atomic E-state index is 0.0986. The first-order valence-electron chi connectivity index (χ1n) is 7.05. The molecule has 0 aliphatic carbocycles. The fourth-order valence-corrected chi connectivity index (χ4v) is 2.32. The molecule has 0 atom stereocenters. The number of aliphatic hydroxyl groups excluding tert-OH is 1. The Balaban J connectivity index is 2.28. The van der Waals surface area contributed by atoms with Crippen LogP contribution in [0.1, 0.15) is 22.8 Å². The van der Waals surface area contributed by atoms with Gasteiger partial charge in [0.1, 0.15) is 17.1 Å². The molecule has 0 unspecified atom stereocenters. The van der Waals surface area contributed by atoms with Gasteiger partial charge in [0, 0.05) is 18.0 Å². The molecule has 3 rings (SSSR count). The van der Waals surface area contributed by atoms with Gasteiger partial charge in [-0.15, -0.1) is 0 Å². The summed E-state index contributed by atoms with van der Waals surface area (Å²) in [5.41, 5.74) is 1.15. The molecule has 7 heteroatoms. The van der Waals surface area contributed by atoms with Gasteiger partial charge >= 0.3 is 5.97 Å². The van der Waals surface area contributed by atoms with Gasteiger partial charge in [0.15, 0.2) is 5.65 Å². The van der Waals surface area contributed by atoms with Gasteiger partial charge in [-0.25, -0.2) is 18.7 Å². The molecular formula is C16H14FN3O3. The second kappa shape index (κ2) is 6.13. The van der Waals surface area contributed by atoms with Gasteiger partial charge in [-0.1, -0.05) is 6.07 Å². The summed E-state index contributed by atoms with van der Waals surface area (Å²) in [6.07, 6.45) is 3.13. The Morgan fingerprint density at radius 3 is 3.00 bits per heavy atom. The van der Waals surface area contributed by atoms with Crippen LogP contribution in [0.4, 0.5) is 4.39 Å². The highest BCUT2D eigenvalue weighted by Gasteiger charge is 2.25. The monoisotopic (exact) mass is 315 g/mol. The van der Waals surface area contributed by atoms with Crippen LogP contribution in [0, 0.1) is 5.82 Å². The number of ether oxygens (including phenoxy) is 1. The molecule has 0 aliphatic heterocycles. The van der Waals surface area contributed by atoms with E-state index in [2.05, 4.69) is 10.1 Å². The van der Waals surface area contributed by atoms with Crippen LogP contribution in [-0.4, -0.2) is 32.3 Å². The van der Waals surface area contributed by atoms with E-state index in [0.717, 1.165) is 0 Å². The second-order valence-corrected chi connectivity index (χ2v) is 4.80. The van der Waals surface area contributed by atoms with Crippen molar-refractivity contribution in [3.8, 4) is 11.3 Å². The summed E-state index contributed by atoms with van der Waals surface area (Å²) in [4.78, 5) is 16.4. The van der Waals surface area contributed by atoms with Gasteiger partial charge in [0.05, 0.1) is 13.2 Å². The largest absolute Gasteiger partial charge is 0.462 e. The first-order chi connectivity index (χ1) is 11.2. The van der Waals surface area contributed by atoms with Crippen LogP contribution in [0.5, 0.6) is 0 Å². The van der Waals surface area contributed by atoms with Crippen molar-refractivity contribution in [2.45, 2.75) is 13.5 Å². The Morgan fingerprint density at radius 1 is 1.43 bits per heavy atom. The molecule has 0 saturated heterocycles. The van der Waals surface area contributed by atoms with Crippen molar-refractivity contribution >= 4 is 11.6 Å². The van der Waals surface area contributed by atoms with E-state index < -0.39 is 11.8 Å². The molecule has 0 aliphatic rings. The van der Waals surface area contributed by atoms with Gasteiger partial charge in [-0.2, -0.15) is 5.10 Å². The molecule has 0 amide bonds. The van der Waals surface area contributed by atoms with Crippen molar-refractivity contribution in [1.29, 1.82) is 0 Å². The van der Waals surface area contributed by atoms with E-state index in [1.807, 2.05) is 0 Å². The van der Waals surface area contributed by atoms with Crippen LogP contribution in [0.15, 0.2) is 36.7 Å².